The quantitative estimate of drug-likeness (QED) is 0.325. The summed E-state index contributed by atoms with van der Waals surface area (Å²) in [6.07, 6.45) is 0. The van der Waals surface area contributed by atoms with Crippen molar-refractivity contribution < 1.29 is 16.1 Å². The fourth-order valence-electron chi connectivity index (χ4n) is 0. The third-order valence-corrected chi connectivity index (χ3v) is 0. The van der Waals surface area contributed by atoms with Crippen LogP contribution in [0.3, 0.4) is 0 Å². The predicted molar refractivity (Wildman–Crippen MR) is 46.5 cm³/mol. The SMILES string of the molecule is C[PH+](C)C.[CH3-].[I][Pt]. The maximum atomic E-state index is 2.27. The zero-order valence-corrected chi connectivity index (χ0v) is 10.6. The number of hydrogen-bond acceptors (Lipinski definition) is 0. The zero-order valence-electron chi connectivity index (χ0n) is 5.19. The van der Waals surface area contributed by atoms with Crippen LogP contribution in [-0.2, 0) is 16.1 Å². The van der Waals surface area contributed by atoms with E-state index in [9.17, 15) is 0 Å². The molecule has 0 saturated carbocycles. The molecule has 7 heavy (non-hydrogen) atoms. The molecular weight excluding hydrogens is 401 g/mol. The van der Waals surface area contributed by atoms with E-state index in [-0.39, 0.29) is 15.3 Å². The fraction of sp³-hybridized carbons (Fsp3) is 0.750. The average molecular weight is 414 g/mol. The van der Waals surface area contributed by atoms with Gasteiger partial charge in [0.15, 0.2) is 0 Å². The normalized spacial score (nSPS) is 6.14. The second-order valence-electron chi connectivity index (χ2n) is 1.50. The first-order chi connectivity index (χ1) is 2.73. The summed E-state index contributed by atoms with van der Waals surface area (Å²) >= 11 is 4.23. The van der Waals surface area contributed by atoms with Crippen molar-refractivity contribution in [2.45, 2.75) is 0 Å². The van der Waals surface area contributed by atoms with Crippen LogP contribution in [0.25, 0.3) is 0 Å². The van der Waals surface area contributed by atoms with Crippen LogP contribution in [0, 0.1) is 7.43 Å². The van der Waals surface area contributed by atoms with Crippen molar-refractivity contribution in [3.63, 3.8) is 0 Å². The number of halogens is 1. The van der Waals surface area contributed by atoms with Gasteiger partial charge in [-0.2, -0.15) is 0 Å². The number of rotatable bonds is 0. The third kappa shape index (κ3) is 78.6. The Labute approximate surface area is 70.3 Å². The van der Waals surface area contributed by atoms with E-state index in [0.29, 0.717) is 0 Å². The molecule has 0 aromatic rings. The third-order valence-electron chi connectivity index (χ3n) is 0. The molecule has 0 aromatic carbocycles. The molecule has 0 aliphatic heterocycles. The molecule has 0 aliphatic carbocycles. The van der Waals surface area contributed by atoms with Crippen LogP contribution >= 0.6 is 27.3 Å². The van der Waals surface area contributed by atoms with Gasteiger partial charge in [0.25, 0.3) is 0 Å². The summed E-state index contributed by atoms with van der Waals surface area (Å²) in [5.74, 6) is 0. The summed E-state index contributed by atoms with van der Waals surface area (Å²) in [6, 6.07) is 0. The van der Waals surface area contributed by atoms with Gasteiger partial charge in [-0.15, -0.1) is 0 Å². The van der Waals surface area contributed by atoms with Crippen LogP contribution in [0.15, 0.2) is 0 Å². The molecule has 51 valence electrons. The first kappa shape index (κ1) is 15.9. The van der Waals surface area contributed by atoms with E-state index in [0.717, 1.165) is 0 Å². The fourth-order valence-corrected chi connectivity index (χ4v) is 0. The van der Waals surface area contributed by atoms with E-state index < -0.39 is 0 Å². The van der Waals surface area contributed by atoms with Crippen LogP contribution < -0.4 is 0 Å². The van der Waals surface area contributed by atoms with Gasteiger partial charge in [0.05, 0.1) is 0 Å². The topological polar surface area (TPSA) is 0 Å². The van der Waals surface area contributed by atoms with Crippen molar-refractivity contribution in [2.75, 3.05) is 20.0 Å². The molecule has 0 radical (unpaired) electrons. The van der Waals surface area contributed by atoms with Gasteiger partial charge in [-0.05, 0) is 7.92 Å². The van der Waals surface area contributed by atoms with Crippen molar-refractivity contribution in [3.8, 4) is 0 Å². The molecule has 0 spiro atoms. The minimum absolute atomic E-state index is 0. The van der Waals surface area contributed by atoms with E-state index in [2.05, 4.69) is 55.5 Å². The van der Waals surface area contributed by atoms with Crippen molar-refractivity contribution in [2.24, 2.45) is 0 Å². The summed E-state index contributed by atoms with van der Waals surface area (Å²) in [5.41, 5.74) is 0. The molecule has 0 fully saturated rings. The summed E-state index contributed by atoms with van der Waals surface area (Å²) < 4.78 is 0. The summed E-state index contributed by atoms with van der Waals surface area (Å²) in [5, 5.41) is 0. The summed E-state index contributed by atoms with van der Waals surface area (Å²) in [6.45, 7) is 6.81. The second-order valence-corrected chi connectivity index (χ2v) is 4.50. The van der Waals surface area contributed by atoms with Gasteiger partial charge < -0.3 is 7.43 Å². The van der Waals surface area contributed by atoms with Crippen LogP contribution in [0.5, 0.6) is 0 Å². The second kappa shape index (κ2) is 15.7. The zero-order chi connectivity index (χ0) is 5.58. The summed E-state index contributed by atoms with van der Waals surface area (Å²) in [7, 11) is 0.120. The molecule has 0 aliphatic rings. The standard InChI is InChI=1S/C3H9P.CH3.HI.Pt/c1-4(2)3;;;/h1-3H3;1H3;1H;/q;-1;;+1. The molecular formula is C4H13IPPt. The van der Waals surface area contributed by atoms with Crippen molar-refractivity contribution in [3.05, 3.63) is 7.43 Å². The van der Waals surface area contributed by atoms with E-state index in [1.165, 1.54) is 0 Å². The van der Waals surface area contributed by atoms with Gasteiger partial charge in [0.1, 0.15) is 0 Å². The van der Waals surface area contributed by atoms with E-state index in [1.54, 1.807) is 0 Å². The molecule has 0 bridgehead atoms. The van der Waals surface area contributed by atoms with Gasteiger partial charge in [-0.25, -0.2) is 0 Å². The molecule has 0 aromatic heterocycles. The van der Waals surface area contributed by atoms with Crippen LogP contribution in [0.2, 0.25) is 0 Å². The Hall–Kier alpha value is 1.85. The van der Waals surface area contributed by atoms with Crippen molar-refractivity contribution >= 4 is 27.3 Å². The first-order valence-corrected chi connectivity index (χ1v) is 11.1. The molecule has 0 amide bonds. The molecule has 0 atom stereocenters. The van der Waals surface area contributed by atoms with Gasteiger partial charge in [0, 0.05) is 20.0 Å². The summed E-state index contributed by atoms with van der Waals surface area (Å²) in [4.78, 5) is 0. The molecule has 0 rings (SSSR count). The van der Waals surface area contributed by atoms with Crippen LogP contribution in [-0.4, -0.2) is 20.0 Å². The van der Waals surface area contributed by atoms with E-state index in [1.807, 2.05) is 0 Å². The van der Waals surface area contributed by atoms with E-state index >= 15 is 0 Å². The van der Waals surface area contributed by atoms with Gasteiger partial charge in [-0.3, -0.25) is 0 Å². The molecule has 0 N–H and O–H groups in total. The predicted octanol–water partition coefficient (Wildman–Crippen LogP) is 2.42. The molecule has 0 saturated heterocycles. The van der Waals surface area contributed by atoms with Crippen molar-refractivity contribution in [1.82, 2.24) is 0 Å². The molecule has 3 heteroatoms. The molecule has 0 nitrogen and oxygen atoms in total. The monoisotopic (exact) mass is 414 g/mol. The van der Waals surface area contributed by atoms with E-state index in [4.69, 9.17) is 0 Å². The Bertz CT molecular complexity index is 16.4. The van der Waals surface area contributed by atoms with Gasteiger partial charge >= 0.3 is 35.5 Å². The Balaban J connectivity index is -0.0000000480. The molecule has 0 heterocycles. The Morgan fingerprint density at radius 1 is 1.14 bits per heavy atom. The Kier molecular flexibility index (Phi) is 35.6. The maximum absolute atomic E-state index is 2.27. The number of hydrogen-bond donors (Lipinski definition) is 0. The molecule has 0 unspecified atom stereocenters. The van der Waals surface area contributed by atoms with Gasteiger partial charge in [0.2, 0.25) is 0 Å². The van der Waals surface area contributed by atoms with Crippen LogP contribution in [0.1, 0.15) is 0 Å². The Morgan fingerprint density at radius 3 is 1.14 bits per heavy atom. The average Bonchev–Trinajstić information content (AvgIpc) is 1.41. The van der Waals surface area contributed by atoms with Crippen molar-refractivity contribution in [1.29, 1.82) is 0 Å². The Morgan fingerprint density at radius 2 is 1.14 bits per heavy atom. The first-order valence-electron chi connectivity index (χ1n) is 1.62. The minimum atomic E-state index is 0. The van der Waals surface area contributed by atoms with Crippen LogP contribution in [0.4, 0.5) is 0 Å². The van der Waals surface area contributed by atoms with Gasteiger partial charge in [-0.1, -0.05) is 0 Å².